The van der Waals surface area contributed by atoms with Crippen molar-refractivity contribution in [1.29, 1.82) is 0 Å². The minimum Gasteiger partial charge on any atom is -0.241 e. The van der Waals surface area contributed by atoms with Crippen LogP contribution >= 0.6 is 0 Å². The van der Waals surface area contributed by atoms with Crippen molar-refractivity contribution >= 4 is 20.9 Å². The van der Waals surface area contributed by atoms with Gasteiger partial charge in [-0.05, 0) is 59.6 Å². The molecule has 1 heterocycles. The third-order valence-corrected chi connectivity index (χ3v) is 7.20. The lowest BCUT2D eigenvalue weighted by Crippen LogP contribution is -2.13. The van der Waals surface area contributed by atoms with Gasteiger partial charge in [0.15, 0.2) is 0 Å². The van der Waals surface area contributed by atoms with Crippen molar-refractivity contribution in [3.05, 3.63) is 65.4 Å². The Bertz CT molecular complexity index is 1050. The maximum Gasteiger partial charge on any atom is 0.268 e. The van der Waals surface area contributed by atoms with Gasteiger partial charge in [0.05, 0.1) is 10.4 Å². The second-order valence-electron chi connectivity index (χ2n) is 7.12. The molecular formula is C21H23NO2S. The van der Waals surface area contributed by atoms with Gasteiger partial charge in [-0.2, -0.15) is 0 Å². The molecular weight excluding hydrogens is 330 g/mol. The molecule has 0 radical (unpaired) electrons. The highest BCUT2D eigenvalue weighted by Gasteiger charge is 2.31. The Morgan fingerprint density at radius 2 is 1.80 bits per heavy atom. The van der Waals surface area contributed by atoms with Gasteiger partial charge < -0.3 is 0 Å². The molecule has 2 aromatic carbocycles. The van der Waals surface area contributed by atoms with Crippen LogP contribution in [0.15, 0.2) is 53.6 Å². The maximum atomic E-state index is 13.3. The number of nitrogens with zero attached hydrogens (tertiary/aromatic N) is 1. The van der Waals surface area contributed by atoms with E-state index in [1.807, 2.05) is 12.1 Å². The van der Waals surface area contributed by atoms with Crippen LogP contribution in [0.5, 0.6) is 0 Å². The van der Waals surface area contributed by atoms with Crippen LogP contribution in [-0.4, -0.2) is 12.4 Å². The van der Waals surface area contributed by atoms with Crippen molar-refractivity contribution in [3.8, 4) is 0 Å². The lowest BCUT2D eigenvalue weighted by Gasteiger charge is -2.15. The summed E-state index contributed by atoms with van der Waals surface area (Å²) in [4.78, 5) is 0.335. The molecule has 25 heavy (non-hydrogen) atoms. The van der Waals surface area contributed by atoms with Gasteiger partial charge in [-0.3, -0.25) is 0 Å². The lowest BCUT2D eigenvalue weighted by molar-refractivity contribution is 0.589. The third kappa shape index (κ3) is 2.35. The van der Waals surface area contributed by atoms with Crippen molar-refractivity contribution in [2.75, 3.05) is 0 Å². The highest BCUT2D eigenvalue weighted by molar-refractivity contribution is 7.90. The van der Waals surface area contributed by atoms with E-state index in [4.69, 9.17) is 0 Å². The molecule has 130 valence electrons. The summed E-state index contributed by atoms with van der Waals surface area (Å²) in [5, 5.41) is 1.07. The van der Waals surface area contributed by atoms with Gasteiger partial charge in [0.25, 0.3) is 10.0 Å². The van der Waals surface area contributed by atoms with Crippen LogP contribution in [0.3, 0.4) is 0 Å². The van der Waals surface area contributed by atoms with Crippen LogP contribution in [0.4, 0.5) is 0 Å². The number of rotatable bonds is 3. The molecule has 4 heteroatoms. The van der Waals surface area contributed by atoms with E-state index in [9.17, 15) is 8.42 Å². The highest BCUT2D eigenvalue weighted by Crippen LogP contribution is 2.46. The Labute approximate surface area is 149 Å². The van der Waals surface area contributed by atoms with Crippen LogP contribution in [0.25, 0.3) is 10.9 Å². The van der Waals surface area contributed by atoms with E-state index in [1.165, 1.54) is 20.7 Å². The molecule has 4 rings (SSSR count). The average Bonchev–Trinajstić information content (AvgIpc) is 3.17. The molecule has 0 saturated heterocycles. The first-order valence-electron chi connectivity index (χ1n) is 8.92. The highest BCUT2D eigenvalue weighted by atomic mass is 32.2. The standard InChI is InChI=1S/C21H23NO2S/c1-4-16-13-19-14(2)12-15(3)20(19)21-18(16)10-11-22(21)25(23,24)17-8-6-5-7-9-17/h5-11,13-15H,4,12H2,1-3H3/t14-,15+/m1/s1. The summed E-state index contributed by atoms with van der Waals surface area (Å²) < 4.78 is 28.0. The summed E-state index contributed by atoms with van der Waals surface area (Å²) in [6.45, 7) is 6.58. The fourth-order valence-electron chi connectivity index (χ4n) is 4.32. The third-order valence-electron chi connectivity index (χ3n) is 5.51. The zero-order chi connectivity index (χ0) is 17.8. The Hall–Kier alpha value is -2.07. The number of fused-ring (bicyclic) bond motifs is 3. The van der Waals surface area contributed by atoms with Gasteiger partial charge in [-0.15, -0.1) is 0 Å². The van der Waals surface area contributed by atoms with Gasteiger partial charge in [-0.25, -0.2) is 12.4 Å². The number of benzene rings is 2. The van der Waals surface area contributed by atoms with E-state index in [1.54, 1.807) is 30.5 Å². The van der Waals surface area contributed by atoms with Crippen molar-refractivity contribution in [1.82, 2.24) is 3.97 Å². The zero-order valence-corrected chi connectivity index (χ0v) is 15.7. The quantitative estimate of drug-likeness (QED) is 0.661. The summed E-state index contributed by atoms with van der Waals surface area (Å²) in [6.07, 6.45) is 3.70. The van der Waals surface area contributed by atoms with Crippen LogP contribution in [0, 0.1) is 0 Å². The van der Waals surface area contributed by atoms with Gasteiger partial charge in [0.1, 0.15) is 0 Å². The van der Waals surface area contributed by atoms with E-state index in [-0.39, 0.29) is 0 Å². The maximum absolute atomic E-state index is 13.3. The Kier molecular flexibility index (Phi) is 3.76. The summed E-state index contributed by atoms with van der Waals surface area (Å²) in [7, 11) is -3.59. The van der Waals surface area contributed by atoms with Crippen LogP contribution in [0.2, 0.25) is 0 Å². The summed E-state index contributed by atoms with van der Waals surface area (Å²) in [6, 6.07) is 13.0. The predicted octanol–water partition coefficient (Wildman–Crippen LogP) is 5.05. The summed E-state index contributed by atoms with van der Waals surface area (Å²) >= 11 is 0. The number of hydrogen-bond acceptors (Lipinski definition) is 2. The number of aromatic nitrogens is 1. The fraction of sp³-hybridized carbons (Fsp3) is 0.333. The molecule has 0 bridgehead atoms. The molecule has 0 spiro atoms. The molecule has 3 nitrogen and oxygen atoms in total. The van der Waals surface area contributed by atoms with Gasteiger partial charge in [-0.1, -0.05) is 45.0 Å². The largest absolute Gasteiger partial charge is 0.268 e. The fourth-order valence-corrected chi connectivity index (χ4v) is 5.70. The normalized spacial score (nSPS) is 20.1. The van der Waals surface area contributed by atoms with Crippen molar-refractivity contribution in [2.24, 2.45) is 0 Å². The summed E-state index contributed by atoms with van der Waals surface area (Å²) in [5.74, 6) is 0.848. The molecule has 2 atom stereocenters. The number of aryl methyl sites for hydroxylation is 1. The van der Waals surface area contributed by atoms with Crippen LogP contribution in [0.1, 0.15) is 55.7 Å². The van der Waals surface area contributed by atoms with Crippen LogP contribution in [-0.2, 0) is 16.4 Å². The van der Waals surface area contributed by atoms with E-state index in [0.717, 1.165) is 23.7 Å². The molecule has 0 aliphatic heterocycles. The predicted molar refractivity (Wildman–Crippen MR) is 102 cm³/mol. The van der Waals surface area contributed by atoms with Crippen molar-refractivity contribution in [3.63, 3.8) is 0 Å². The smallest absolute Gasteiger partial charge is 0.241 e. The molecule has 0 fully saturated rings. The molecule has 3 aromatic rings. The average molecular weight is 353 g/mol. The van der Waals surface area contributed by atoms with E-state index in [2.05, 4.69) is 26.8 Å². The van der Waals surface area contributed by atoms with Crippen molar-refractivity contribution < 1.29 is 8.42 Å². The van der Waals surface area contributed by atoms with Gasteiger partial charge >= 0.3 is 0 Å². The van der Waals surface area contributed by atoms with Crippen molar-refractivity contribution in [2.45, 2.75) is 50.3 Å². The van der Waals surface area contributed by atoms with Gasteiger partial charge in [0, 0.05) is 11.6 Å². The monoisotopic (exact) mass is 353 g/mol. The first-order valence-corrected chi connectivity index (χ1v) is 10.4. The second kappa shape index (κ2) is 5.73. The molecule has 0 amide bonds. The first-order chi connectivity index (χ1) is 11.9. The molecule has 1 aliphatic rings. The molecule has 0 N–H and O–H groups in total. The van der Waals surface area contributed by atoms with E-state index in [0.29, 0.717) is 16.7 Å². The van der Waals surface area contributed by atoms with E-state index >= 15 is 0 Å². The Balaban J connectivity index is 2.08. The minimum absolute atomic E-state index is 0.335. The van der Waals surface area contributed by atoms with Gasteiger partial charge in [0.2, 0.25) is 0 Å². The van der Waals surface area contributed by atoms with E-state index < -0.39 is 10.0 Å². The first kappa shape index (κ1) is 16.4. The summed E-state index contributed by atoms with van der Waals surface area (Å²) in [5.41, 5.74) is 4.65. The minimum atomic E-state index is -3.59. The zero-order valence-electron chi connectivity index (χ0n) is 14.9. The topological polar surface area (TPSA) is 39.1 Å². The molecule has 0 saturated carbocycles. The molecule has 1 aromatic heterocycles. The second-order valence-corrected chi connectivity index (χ2v) is 8.94. The molecule has 1 aliphatic carbocycles. The lowest BCUT2D eigenvalue weighted by atomic mass is 9.95. The SMILES string of the molecule is CCc1cc2c(c3c1ccn3S(=O)(=O)c1ccccc1)[C@@H](C)C[C@H]2C. The number of hydrogen-bond donors (Lipinski definition) is 0. The molecule has 0 unspecified atom stereocenters. The Morgan fingerprint density at radius 3 is 2.48 bits per heavy atom. The Morgan fingerprint density at radius 1 is 1.08 bits per heavy atom. The van der Waals surface area contributed by atoms with Crippen LogP contribution < -0.4 is 0 Å².